The van der Waals surface area contributed by atoms with Crippen molar-refractivity contribution in [3.8, 4) is 0 Å². The van der Waals surface area contributed by atoms with Crippen molar-refractivity contribution in [2.45, 2.75) is 38.5 Å². The van der Waals surface area contributed by atoms with Gasteiger partial charge in [0.05, 0.1) is 12.7 Å². The lowest BCUT2D eigenvalue weighted by atomic mass is 9.87. The van der Waals surface area contributed by atoms with Gasteiger partial charge in [-0.3, -0.25) is 0 Å². The topological polar surface area (TPSA) is 38.3 Å². The standard InChI is InChI=1S/C16H23NO2/c1-19-16(18)14-7-9-15(10-8-14)17-12-11-13-5-3-2-4-6-13/h7-10,13,17H,2-6,11-12H2,1H3. The third-order valence-electron chi connectivity index (χ3n) is 3.91. The Bertz CT molecular complexity index is 394. The molecule has 0 saturated heterocycles. The van der Waals surface area contributed by atoms with Crippen molar-refractivity contribution in [3.63, 3.8) is 0 Å². The molecule has 0 spiro atoms. The minimum absolute atomic E-state index is 0.284. The molecule has 1 aliphatic rings. The van der Waals surface area contributed by atoms with Crippen molar-refractivity contribution < 1.29 is 9.53 Å². The van der Waals surface area contributed by atoms with E-state index in [9.17, 15) is 4.79 Å². The maximum Gasteiger partial charge on any atom is 0.337 e. The predicted octanol–water partition coefficient (Wildman–Crippen LogP) is 3.86. The Kier molecular flexibility index (Phi) is 5.25. The summed E-state index contributed by atoms with van der Waals surface area (Å²) in [6.07, 6.45) is 8.25. The zero-order valence-electron chi connectivity index (χ0n) is 11.7. The van der Waals surface area contributed by atoms with Crippen LogP contribution in [0.5, 0.6) is 0 Å². The van der Waals surface area contributed by atoms with Crippen LogP contribution in [-0.2, 0) is 4.74 Å². The second-order valence-electron chi connectivity index (χ2n) is 5.29. The minimum Gasteiger partial charge on any atom is -0.465 e. The molecule has 1 aromatic carbocycles. The van der Waals surface area contributed by atoms with E-state index in [-0.39, 0.29) is 5.97 Å². The first-order valence-corrected chi connectivity index (χ1v) is 7.22. The van der Waals surface area contributed by atoms with Crippen molar-refractivity contribution in [2.75, 3.05) is 19.0 Å². The molecule has 3 heteroatoms. The van der Waals surface area contributed by atoms with Gasteiger partial charge in [-0.2, -0.15) is 0 Å². The van der Waals surface area contributed by atoms with Crippen LogP contribution in [0.1, 0.15) is 48.9 Å². The maximum atomic E-state index is 11.3. The van der Waals surface area contributed by atoms with E-state index in [0.29, 0.717) is 5.56 Å². The van der Waals surface area contributed by atoms with Crippen molar-refractivity contribution >= 4 is 11.7 Å². The summed E-state index contributed by atoms with van der Waals surface area (Å²) >= 11 is 0. The molecule has 19 heavy (non-hydrogen) atoms. The summed E-state index contributed by atoms with van der Waals surface area (Å²) in [5, 5.41) is 3.42. The van der Waals surface area contributed by atoms with Crippen molar-refractivity contribution in [3.05, 3.63) is 29.8 Å². The van der Waals surface area contributed by atoms with Gasteiger partial charge in [-0.05, 0) is 36.6 Å². The quantitative estimate of drug-likeness (QED) is 0.818. The van der Waals surface area contributed by atoms with Gasteiger partial charge in [-0.15, -0.1) is 0 Å². The van der Waals surface area contributed by atoms with Crippen molar-refractivity contribution in [2.24, 2.45) is 5.92 Å². The Morgan fingerprint density at radius 1 is 1.21 bits per heavy atom. The molecule has 0 radical (unpaired) electrons. The highest BCUT2D eigenvalue weighted by atomic mass is 16.5. The first-order valence-electron chi connectivity index (χ1n) is 7.22. The maximum absolute atomic E-state index is 11.3. The van der Waals surface area contributed by atoms with Crippen molar-refractivity contribution in [1.29, 1.82) is 0 Å². The number of methoxy groups -OCH3 is 1. The number of nitrogens with one attached hydrogen (secondary N) is 1. The van der Waals surface area contributed by atoms with Gasteiger partial charge < -0.3 is 10.1 Å². The van der Waals surface area contributed by atoms with Crippen LogP contribution < -0.4 is 5.32 Å². The van der Waals surface area contributed by atoms with Gasteiger partial charge in [0.1, 0.15) is 0 Å². The molecule has 0 amide bonds. The molecular formula is C16H23NO2. The van der Waals surface area contributed by atoms with Crippen LogP contribution in [0.25, 0.3) is 0 Å². The minimum atomic E-state index is -0.284. The molecule has 1 fully saturated rings. The lowest BCUT2D eigenvalue weighted by Crippen LogP contribution is -2.12. The molecule has 0 unspecified atom stereocenters. The zero-order chi connectivity index (χ0) is 13.5. The van der Waals surface area contributed by atoms with Gasteiger partial charge in [-0.25, -0.2) is 4.79 Å². The number of benzene rings is 1. The summed E-state index contributed by atoms with van der Waals surface area (Å²) in [6, 6.07) is 7.48. The van der Waals surface area contributed by atoms with Crippen LogP contribution in [0.2, 0.25) is 0 Å². The van der Waals surface area contributed by atoms with E-state index in [1.54, 1.807) is 12.1 Å². The molecule has 1 saturated carbocycles. The molecule has 0 aliphatic heterocycles. The Morgan fingerprint density at radius 2 is 1.89 bits per heavy atom. The van der Waals surface area contributed by atoms with E-state index in [4.69, 9.17) is 0 Å². The first-order chi connectivity index (χ1) is 9.29. The molecule has 0 bridgehead atoms. The molecule has 1 N–H and O–H groups in total. The SMILES string of the molecule is COC(=O)c1ccc(NCCC2CCCCC2)cc1. The van der Waals surface area contributed by atoms with E-state index in [2.05, 4.69) is 10.1 Å². The third-order valence-corrected chi connectivity index (χ3v) is 3.91. The number of carbonyl (C=O) groups excluding carboxylic acids is 1. The van der Waals surface area contributed by atoms with Gasteiger partial charge in [0.25, 0.3) is 0 Å². The fourth-order valence-electron chi connectivity index (χ4n) is 2.74. The largest absolute Gasteiger partial charge is 0.465 e. The Labute approximate surface area is 115 Å². The number of esters is 1. The second-order valence-corrected chi connectivity index (χ2v) is 5.29. The number of anilines is 1. The van der Waals surface area contributed by atoms with Gasteiger partial charge in [0.15, 0.2) is 0 Å². The number of hydrogen-bond acceptors (Lipinski definition) is 3. The molecule has 3 nitrogen and oxygen atoms in total. The molecule has 0 atom stereocenters. The van der Waals surface area contributed by atoms with Crippen LogP contribution in [0.3, 0.4) is 0 Å². The van der Waals surface area contributed by atoms with Crippen LogP contribution in [0.4, 0.5) is 5.69 Å². The van der Waals surface area contributed by atoms with Crippen molar-refractivity contribution in [1.82, 2.24) is 0 Å². The summed E-state index contributed by atoms with van der Waals surface area (Å²) in [5.74, 6) is 0.615. The fourth-order valence-corrected chi connectivity index (χ4v) is 2.74. The highest BCUT2D eigenvalue weighted by molar-refractivity contribution is 5.89. The van der Waals surface area contributed by atoms with Crippen LogP contribution >= 0.6 is 0 Å². The van der Waals surface area contributed by atoms with Gasteiger partial charge in [-0.1, -0.05) is 32.1 Å². The number of rotatable bonds is 5. The monoisotopic (exact) mass is 261 g/mol. The predicted molar refractivity (Wildman–Crippen MR) is 77.5 cm³/mol. The molecule has 1 aliphatic carbocycles. The number of ether oxygens (including phenoxy) is 1. The lowest BCUT2D eigenvalue weighted by molar-refractivity contribution is 0.0601. The Morgan fingerprint density at radius 3 is 2.53 bits per heavy atom. The zero-order valence-corrected chi connectivity index (χ0v) is 11.7. The molecule has 0 aromatic heterocycles. The van der Waals surface area contributed by atoms with Crippen LogP contribution in [0, 0.1) is 5.92 Å². The fraction of sp³-hybridized carbons (Fsp3) is 0.562. The smallest absolute Gasteiger partial charge is 0.337 e. The van der Waals surface area contributed by atoms with E-state index in [0.717, 1.165) is 18.2 Å². The van der Waals surface area contributed by atoms with E-state index in [1.165, 1.54) is 45.6 Å². The number of carbonyl (C=O) groups is 1. The average molecular weight is 261 g/mol. The summed E-state index contributed by atoms with van der Waals surface area (Å²) < 4.78 is 4.68. The molecule has 1 aromatic rings. The summed E-state index contributed by atoms with van der Waals surface area (Å²) in [7, 11) is 1.40. The molecule has 2 rings (SSSR count). The summed E-state index contributed by atoms with van der Waals surface area (Å²) in [4.78, 5) is 11.3. The molecular weight excluding hydrogens is 238 g/mol. The summed E-state index contributed by atoms with van der Waals surface area (Å²) in [5.41, 5.74) is 1.67. The molecule has 0 heterocycles. The average Bonchev–Trinajstić information content (AvgIpc) is 2.48. The lowest BCUT2D eigenvalue weighted by Gasteiger charge is -2.21. The number of hydrogen-bond donors (Lipinski definition) is 1. The Hall–Kier alpha value is -1.51. The van der Waals surface area contributed by atoms with Gasteiger partial charge in [0.2, 0.25) is 0 Å². The van der Waals surface area contributed by atoms with Gasteiger partial charge in [0, 0.05) is 12.2 Å². The van der Waals surface area contributed by atoms with Crippen LogP contribution in [0.15, 0.2) is 24.3 Å². The highest BCUT2D eigenvalue weighted by Crippen LogP contribution is 2.26. The first kappa shape index (κ1) is 13.9. The van der Waals surface area contributed by atoms with Crippen LogP contribution in [-0.4, -0.2) is 19.6 Å². The van der Waals surface area contributed by atoms with E-state index >= 15 is 0 Å². The van der Waals surface area contributed by atoms with E-state index in [1.807, 2.05) is 12.1 Å². The Balaban J connectivity index is 1.75. The highest BCUT2D eigenvalue weighted by Gasteiger charge is 2.12. The van der Waals surface area contributed by atoms with Gasteiger partial charge >= 0.3 is 5.97 Å². The normalized spacial score (nSPS) is 16.1. The van der Waals surface area contributed by atoms with E-state index < -0.39 is 0 Å². The third kappa shape index (κ3) is 4.27. The summed E-state index contributed by atoms with van der Waals surface area (Å²) in [6.45, 7) is 1.02. The second kappa shape index (κ2) is 7.17. The molecule has 104 valence electrons.